The first-order chi connectivity index (χ1) is 11.3. The fourth-order valence-corrected chi connectivity index (χ4v) is 1.42. The maximum atomic E-state index is 10.6. The van der Waals surface area contributed by atoms with Gasteiger partial charge in [-0.25, -0.2) is 0 Å². The number of hydrogen-bond acceptors (Lipinski definition) is 1. The number of carbonyl (C=O) groups is 1. The van der Waals surface area contributed by atoms with Gasteiger partial charge in [-0.3, -0.25) is 4.79 Å². The van der Waals surface area contributed by atoms with E-state index in [0.717, 1.165) is 24.9 Å². The lowest BCUT2D eigenvalue weighted by Gasteiger charge is -2.10. The highest BCUT2D eigenvalue weighted by Gasteiger charge is 2.12. The highest BCUT2D eigenvalue weighted by atomic mass is 16.2. The minimum Gasteiger partial charge on any atom is -0.343 e. The first-order valence-corrected chi connectivity index (χ1v) is 9.52. The summed E-state index contributed by atoms with van der Waals surface area (Å²) < 4.78 is 0. The van der Waals surface area contributed by atoms with Gasteiger partial charge in [0.15, 0.2) is 0 Å². The Morgan fingerprint density at radius 2 is 0.920 bits per heavy atom. The summed E-state index contributed by atoms with van der Waals surface area (Å²) in [6.07, 6.45) is 2.39. The number of benzene rings is 1. The Labute approximate surface area is 160 Å². The summed E-state index contributed by atoms with van der Waals surface area (Å²) in [5, 5.41) is 0. The van der Waals surface area contributed by atoms with Crippen LogP contribution >= 0.6 is 0 Å². The molecule has 2 nitrogen and oxygen atoms in total. The Bertz CT molecular complexity index is 289. The molecule has 1 aliphatic rings. The Morgan fingerprint density at radius 3 is 1.04 bits per heavy atom. The molecule has 1 aromatic rings. The van der Waals surface area contributed by atoms with Gasteiger partial charge < -0.3 is 4.90 Å². The molecule has 0 atom stereocenters. The van der Waals surface area contributed by atoms with Crippen molar-refractivity contribution in [1.29, 1.82) is 0 Å². The third kappa shape index (κ3) is 39.5. The summed E-state index contributed by atoms with van der Waals surface area (Å²) in [7, 11) is 0. The van der Waals surface area contributed by atoms with E-state index in [1.165, 1.54) is 12.8 Å². The van der Waals surface area contributed by atoms with E-state index in [0.29, 0.717) is 0 Å². The van der Waals surface area contributed by atoms with Crippen LogP contribution in [0.4, 0.5) is 0 Å². The van der Waals surface area contributed by atoms with Crippen LogP contribution in [0.2, 0.25) is 0 Å². The molecular weight excluding hydrogens is 306 g/mol. The van der Waals surface area contributed by atoms with E-state index < -0.39 is 0 Å². The minimum atomic E-state index is 0. The number of likely N-dealkylation sites (tertiary alicyclic amines) is 1. The zero-order chi connectivity index (χ0) is 19.4. The fourth-order valence-electron chi connectivity index (χ4n) is 1.42. The maximum Gasteiger partial charge on any atom is 0.219 e. The van der Waals surface area contributed by atoms with Crippen LogP contribution in [0, 0.1) is 11.8 Å². The van der Waals surface area contributed by atoms with Gasteiger partial charge in [-0.15, -0.1) is 0 Å². The smallest absolute Gasteiger partial charge is 0.219 e. The second kappa shape index (κ2) is 24.9. The first-order valence-electron chi connectivity index (χ1n) is 9.52. The molecule has 2 heteroatoms. The molecule has 0 saturated carbocycles. The zero-order valence-corrected chi connectivity index (χ0v) is 17.8. The van der Waals surface area contributed by atoms with Crippen LogP contribution in [0.5, 0.6) is 0 Å². The van der Waals surface area contributed by atoms with E-state index in [1.807, 2.05) is 55.1 Å². The summed E-state index contributed by atoms with van der Waals surface area (Å²) >= 11 is 0. The quantitative estimate of drug-likeness (QED) is 0.479. The van der Waals surface area contributed by atoms with Gasteiger partial charge in [0.1, 0.15) is 0 Å². The van der Waals surface area contributed by atoms with Crippen molar-refractivity contribution in [3.8, 4) is 0 Å². The lowest BCUT2D eigenvalue weighted by molar-refractivity contribution is -0.127. The number of rotatable bonds is 0. The molecule has 0 radical (unpaired) electrons. The molecule has 0 unspecified atom stereocenters. The normalized spacial score (nSPS) is 11.2. The number of nitrogens with zero attached hydrogens (tertiary/aromatic N) is 1. The molecule has 1 aromatic carbocycles. The van der Waals surface area contributed by atoms with Crippen LogP contribution in [-0.4, -0.2) is 23.9 Å². The molecule has 0 N–H and O–H groups in total. The van der Waals surface area contributed by atoms with E-state index in [4.69, 9.17) is 0 Å². The lowest BCUT2D eigenvalue weighted by atomic mass is 10.3. The molecule has 2 rings (SSSR count). The number of carbonyl (C=O) groups excluding carboxylic acids is 1. The third-order valence-corrected chi connectivity index (χ3v) is 2.22. The topological polar surface area (TPSA) is 20.3 Å². The zero-order valence-electron chi connectivity index (χ0n) is 17.8. The number of amides is 1. The van der Waals surface area contributed by atoms with Crippen molar-refractivity contribution < 1.29 is 4.79 Å². The molecular formula is C23H47NO. The van der Waals surface area contributed by atoms with Gasteiger partial charge in [0, 0.05) is 20.0 Å². The minimum absolute atomic E-state index is 0. The molecule has 25 heavy (non-hydrogen) atoms. The van der Waals surface area contributed by atoms with Crippen molar-refractivity contribution in [3.63, 3.8) is 0 Å². The van der Waals surface area contributed by atoms with E-state index in [2.05, 4.69) is 41.5 Å². The molecule has 1 aliphatic heterocycles. The second-order valence-corrected chi connectivity index (χ2v) is 6.83. The summed E-state index contributed by atoms with van der Waals surface area (Å²) in [5.74, 6) is 1.89. The van der Waals surface area contributed by atoms with E-state index >= 15 is 0 Å². The Kier molecular flexibility index (Phi) is 31.4. The molecule has 0 aliphatic carbocycles. The van der Waals surface area contributed by atoms with E-state index in [-0.39, 0.29) is 13.3 Å². The molecule has 0 aromatic heterocycles. The van der Waals surface area contributed by atoms with Crippen LogP contribution in [0.25, 0.3) is 0 Å². The third-order valence-electron chi connectivity index (χ3n) is 2.22. The van der Waals surface area contributed by atoms with Crippen LogP contribution in [-0.2, 0) is 4.79 Å². The standard InChI is InChI=1S/C6H11NO.C6H6.2C4H10.C2H6.CH4/c1-6(8)7-4-2-3-5-7;1-2-4-6-5-3-1;2*1-4(2)3;1-2;/h2-5H2,1H3;1-6H;2*4H,1-3H3;1-2H3;1H4. The SMILES string of the molecule is C.CC.CC(=O)N1CCCC1.CC(C)C.CC(C)C.c1ccccc1. The molecule has 1 heterocycles. The Balaban J connectivity index is -0.000000117. The van der Waals surface area contributed by atoms with Gasteiger partial charge in [0.25, 0.3) is 0 Å². The molecule has 1 amide bonds. The van der Waals surface area contributed by atoms with Crippen molar-refractivity contribution in [2.75, 3.05) is 13.1 Å². The van der Waals surface area contributed by atoms with Crippen molar-refractivity contribution >= 4 is 5.91 Å². The highest BCUT2D eigenvalue weighted by Crippen LogP contribution is 2.06. The predicted octanol–water partition coefficient (Wildman–Crippen LogP) is 7.30. The summed E-state index contributed by atoms with van der Waals surface area (Å²) in [4.78, 5) is 12.5. The Hall–Kier alpha value is -1.31. The van der Waals surface area contributed by atoms with Gasteiger partial charge >= 0.3 is 0 Å². The molecule has 1 fully saturated rings. The predicted molar refractivity (Wildman–Crippen MR) is 117 cm³/mol. The average Bonchev–Trinajstić information content (AvgIpc) is 3.05. The Morgan fingerprint density at radius 1 is 0.720 bits per heavy atom. The lowest BCUT2D eigenvalue weighted by Crippen LogP contribution is -2.24. The van der Waals surface area contributed by atoms with Gasteiger partial charge in [0.2, 0.25) is 5.91 Å². The molecule has 1 saturated heterocycles. The second-order valence-electron chi connectivity index (χ2n) is 6.83. The van der Waals surface area contributed by atoms with Crippen LogP contribution in [0.15, 0.2) is 36.4 Å². The fraction of sp³-hybridized carbons (Fsp3) is 0.696. The van der Waals surface area contributed by atoms with Gasteiger partial charge in [-0.05, 0) is 24.7 Å². The average molecular weight is 354 g/mol. The molecule has 0 bridgehead atoms. The van der Waals surface area contributed by atoms with Gasteiger partial charge in [-0.2, -0.15) is 0 Å². The van der Waals surface area contributed by atoms with Crippen molar-refractivity contribution in [3.05, 3.63) is 36.4 Å². The summed E-state index contributed by atoms with van der Waals surface area (Å²) in [5.41, 5.74) is 0. The summed E-state index contributed by atoms with van der Waals surface area (Å²) in [6, 6.07) is 12.0. The van der Waals surface area contributed by atoms with Crippen molar-refractivity contribution in [1.82, 2.24) is 4.90 Å². The number of hydrogen-bond donors (Lipinski definition) is 0. The van der Waals surface area contributed by atoms with E-state index in [1.54, 1.807) is 6.92 Å². The van der Waals surface area contributed by atoms with Gasteiger partial charge in [-0.1, -0.05) is 99.2 Å². The highest BCUT2D eigenvalue weighted by molar-refractivity contribution is 5.73. The monoisotopic (exact) mass is 353 g/mol. The first kappa shape index (κ1) is 31.5. The maximum absolute atomic E-state index is 10.6. The van der Waals surface area contributed by atoms with Crippen LogP contribution in [0.1, 0.15) is 82.6 Å². The summed E-state index contributed by atoms with van der Waals surface area (Å²) in [6.45, 7) is 20.6. The molecule has 0 spiro atoms. The largest absolute Gasteiger partial charge is 0.343 e. The van der Waals surface area contributed by atoms with Crippen LogP contribution in [0.3, 0.4) is 0 Å². The molecule has 150 valence electrons. The van der Waals surface area contributed by atoms with E-state index in [9.17, 15) is 4.79 Å². The van der Waals surface area contributed by atoms with Gasteiger partial charge in [0.05, 0.1) is 0 Å². The van der Waals surface area contributed by atoms with Crippen molar-refractivity contribution in [2.24, 2.45) is 11.8 Å². The van der Waals surface area contributed by atoms with Crippen molar-refractivity contribution in [2.45, 2.75) is 82.6 Å². The van der Waals surface area contributed by atoms with Crippen LogP contribution < -0.4 is 0 Å².